The molecule has 3 aromatic rings. The highest BCUT2D eigenvalue weighted by Gasteiger charge is 2.43. The molecule has 0 spiro atoms. The lowest BCUT2D eigenvalue weighted by Crippen LogP contribution is -2.50. The van der Waals surface area contributed by atoms with Gasteiger partial charge in [0.1, 0.15) is 11.4 Å². The summed E-state index contributed by atoms with van der Waals surface area (Å²) in [5.41, 5.74) is 6.03. The lowest BCUT2D eigenvalue weighted by molar-refractivity contribution is 0.380. The average Bonchev–Trinajstić information content (AvgIpc) is 3.30. The molecule has 0 amide bonds. The maximum Gasteiger partial charge on any atom is 0.239 e. The molecule has 1 fully saturated rings. The Morgan fingerprint density at radius 1 is 1.29 bits per heavy atom. The molecule has 1 aliphatic heterocycles. The van der Waals surface area contributed by atoms with Crippen molar-refractivity contribution in [3.05, 3.63) is 46.9 Å². The molecule has 31 heavy (non-hydrogen) atoms. The van der Waals surface area contributed by atoms with Crippen molar-refractivity contribution in [3.63, 3.8) is 0 Å². The van der Waals surface area contributed by atoms with Gasteiger partial charge in [-0.25, -0.2) is 22.1 Å². The maximum absolute atomic E-state index is 15.0. The van der Waals surface area contributed by atoms with Gasteiger partial charge < -0.3 is 10.3 Å². The van der Waals surface area contributed by atoms with Crippen molar-refractivity contribution in [3.8, 4) is 21.8 Å². The predicted molar refractivity (Wildman–Crippen MR) is 116 cm³/mol. The van der Waals surface area contributed by atoms with Crippen molar-refractivity contribution in [1.82, 2.24) is 14.4 Å². The first-order valence-electron chi connectivity index (χ1n) is 9.72. The van der Waals surface area contributed by atoms with Crippen LogP contribution in [0.1, 0.15) is 36.5 Å². The number of nitrogens with zero attached hydrogens (tertiary/aromatic N) is 4. The van der Waals surface area contributed by atoms with E-state index in [2.05, 4.69) is 15.1 Å². The van der Waals surface area contributed by atoms with Gasteiger partial charge >= 0.3 is 0 Å². The Morgan fingerprint density at radius 3 is 2.74 bits per heavy atom. The zero-order valence-electron chi connectivity index (χ0n) is 16.9. The van der Waals surface area contributed by atoms with E-state index >= 15 is 0 Å². The summed E-state index contributed by atoms with van der Waals surface area (Å²) in [6.45, 7) is 1.58. The summed E-state index contributed by atoms with van der Waals surface area (Å²) in [6, 6.07) is 8.82. The molecule has 1 aliphatic carbocycles. The largest absolute Gasteiger partial charge is 0.369 e. The Kier molecular flexibility index (Phi) is 4.45. The molecule has 11 heteroatoms. The summed E-state index contributed by atoms with van der Waals surface area (Å²) in [5.74, 6) is 0.468. The van der Waals surface area contributed by atoms with Gasteiger partial charge in [-0.1, -0.05) is 23.4 Å². The molecule has 2 N–H and O–H groups in total. The van der Waals surface area contributed by atoms with Crippen LogP contribution in [0.2, 0.25) is 0 Å². The van der Waals surface area contributed by atoms with Gasteiger partial charge in [0.2, 0.25) is 27.7 Å². The molecule has 0 saturated heterocycles. The predicted octanol–water partition coefficient (Wildman–Crippen LogP) is 3.29. The first kappa shape index (κ1) is 20.1. The van der Waals surface area contributed by atoms with Gasteiger partial charge in [0, 0.05) is 23.4 Å². The second-order valence-electron chi connectivity index (χ2n) is 8.07. The Balaban J connectivity index is 1.51. The summed E-state index contributed by atoms with van der Waals surface area (Å²) < 4.78 is 46.1. The number of rotatable bonds is 4. The molecule has 1 atom stereocenters. The maximum atomic E-state index is 15.0. The van der Waals surface area contributed by atoms with Crippen molar-refractivity contribution in [2.45, 2.75) is 31.2 Å². The van der Waals surface area contributed by atoms with Gasteiger partial charge in [-0.2, -0.15) is 4.98 Å². The quantitative estimate of drug-likeness (QED) is 0.638. The smallest absolute Gasteiger partial charge is 0.239 e. The molecule has 1 unspecified atom stereocenters. The minimum Gasteiger partial charge on any atom is -0.369 e. The van der Waals surface area contributed by atoms with Crippen LogP contribution in [0.3, 0.4) is 0 Å². The number of aliphatic imine (C=N–C) groups is 1. The second-order valence-corrected chi connectivity index (χ2v) is 11.1. The number of thiophene rings is 1. The summed E-state index contributed by atoms with van der Waals surface area (Å²) in [7, 11) is -2.36. The van der Waals surface area contributed by atoms with Gasteiger partial charge in [0.15, 0.2) is 0 Å². The Labute approximate surface area is 182 Å². The topological polar surface area (TPSA) is 115 Å². The molecule has 2 aromatic heterocycles. The fourth-order valence-electron chi connectivity index (χ4n) is 3.60. The van der Waals surface area contributed by atoms with Crippen LogP contribution in [-0.2, 0) is 15.6 Å². The molecule has 3 heterocycles. The second kappa shape index (κ2) is 6.86. The third-order valence-corrected chi connectivity index (χ3v) is 8.88. The van der Waals surface area contributed by atoms with Crippen molar-refractivity contribution < 1.29 is 17.3 Å². The number of guanidine groups is 1. The van der Waals surface area contributed by atoms with Crippen LogP contribution in [0.25, 0.3) is 21.8 Å². The van der Waals surface area contributed by atoms with Crippen LogP contribution in [0, 0.1) is 5.82 Å². The average molecular weight is 462 g/mol. The van der Waals surface area contributed by atoms with E-state index in [0.717, 1.165) is 39.6 Å². The molecule has 0 bridgehead atoms. The fourth-order valence-corrected chi connectivity index (χ4v) is 6.26. The molecule has 1 saturated carbocycles. The monoisotopic (exact) mass is 461 g/mol. The third kappa shape index (κ3) is 3.51. The first-order chi connectivity index (χ1) is 14.7. The molecular weight excluding hydrogens is 441 g/mol. The van der Waals surface area contributed by atoms with Gasteiger partial charge in [-0.15, -0.1) is 11.3 Å². The summed E-state index contributed by atoms with van der Waals surface area (Å²) >= 11 is 1.16. The van der Waals surface area contributed by atoms with E-state index in [1.807, 2.05) is 24.3 Å². The van der Waals surface area contributed by atoms with Crippen molar-refractivity contribution in [2.75, 3.05) is 12.8 Å². The van der Waals surface area contributed by atoms with E-state index in [4.69, 9.17) is 10.3 Å². The lowest BCUT2D eigenvalue weighted by atomic mass is 10.0. The van der Waals surface area contributed by atoms with E-state index in [1.165, 1.54) is 13.1 Å². The number of halogens is 1. The number of aromatic nitrogens is 2. The van der Waals surface area contributed by atoms with Gasteiger partial charge in [-0.3, -0.25) is 0 Å². The SMILES string of the molecule is CN1C(N)=NC(C)(c2sc(-c3cccc(-c4noc(C5CC5)n4)c3)cc2F)CS1(=O)=O. The number of benzene rings is 1. The summed E-state index contributed by atoms with van der Waals surface area (Å²) in [4.78, 5) is 9.63. The standard InChI is InChI=1S/C20H20FN5O3S2/c1-20(10-31(27,28)26(2)19(22)24-20)16-14(21)9-15(30-16)12-4-3-5-13(8-12)17-23-18(29-25-17)11-6-7-11/h3-5,8-9,11H,6-7,10H2,1-2H3,(H2,22,24). The number of hydrogen-bond acceptors (Lipinski definition) is 8. The lowest BCUT2D eigenvalue weighted by Gasteiger charge is -2.33. The van der Waals surface area contributed by atoms with Crippen LogP contribution < -0.4 is 5.73 Å². The highest BCUT2D eigenvalue weighted by Crippen LogP contribution is 2.42. The van der Waals surface area contributed by atoms with E-state index < -0.39 is 21.4 Å². The van der Waals surface area contributed by atoms with E-state index in [1.54, 1.807) is 6.92 Å². The minimum absolute atomic E-state index is 0.159. The molecule has 5 rings (SSSR count). The normalized spacial score (nSPS) is 23.1. The van der Waals surface area contributed by atoms with Crippen molar-refractivity contribution >= 4 is 27.3 Å². The van der Waals surface area contributed by atoms with Crippen molar-refractivity contribution in [2.24, 2.45) is 10.7 Å². The Bertz CT molecular complexity index is 1310. The van der Waals surface area contributed by atoms with Crippen LogP contribution in [0.15, 0.2) is 39.8 Å². The molecular formula is C20H20FN5O3S2. The van der Waals surface area contributed by atoms with Crippen LogP contribution in [-0.4, -0.2) is 41.6 Å². The minimum atomic E-state index is -3.69. The Hall–Kier alpha value is -2.79. The van der Waals surface area contributed by atoms with E-state index in [9.17, 15) is 12.8 Å². The summed E-state index contributed by atoms with van der Waals surface area (Å²) in [6.07, 6.45) is 2.13. The van der Waals surface area contributed by atoms with Crippen LogP contribution in [0.5, 0.6) is 0 Å². The highest BCUT2D eigenvalue weighted by atomic mass is 32.2. The van der Waals surface area contributed by atoms with Gasteiger partial charge in [0.05, 0.1) is 10.6 Å². The molecule has 2 aliphatic rings. The van der Waals surface area contributed by atoms with Crippen LogP contribution in [0.4, 0.5) is 4.39 Å². The zero-order chi connectivity index (χ0) is 22.0. The first-order valence-corrected chi connectivity index (χ1v) is 12.1. The molecule has 0 radical (unpaired) electrons. The highest BCUT2D eigenvalue weighted by molar-refractivity contribution is 7.89. The molecule has 162 valence electrons. The van der Waals surface area contributed by atoms with E-state index in [0.29, 0.717) is 22.5 Å². The number of hydrogen-bond donors (Lipinski definition) is 1. The summed E-state index contributed by atoms with van der Waals surface area (Å²) in [5, 5.41) is 4.06. The van der Waals surface area contributed by atoms with Crippen LogP contribution >= 0.6 is 11.3 Å². The number of sulfonamides is 1. The van der Waals surface area contributed by atoms with Crippen molar-refractivity contribution in [1.29, 1.82) is 0 Å². The third-order valence-electron chi connectivity index (χ3n) is 5.51. The fraction of sp³-hybridized carbons (Fsp3) is 0.350. The zero-order valence-corrected chi connectivity index (χ0v) is 18.5. The van der Waals surface area contributed by atoms with E-state index in [-0.39, 0.29) is 16.6 Å². The molecule has 1 aromatic carbocycles. The van der Waals surface area contributed by atoms with Gasteiger partial charge in [-0.05, 0) is 37.5 Å². The molecule has 8 nitrogen and oxygen atoms in total. The Morgan fingerprint density at radius 2 is 2.03 bits per heavy atom. The van der Waals surface area contributed by atoms with Gasteiger partial charge in [0.25, 0.3) is 0 Å². The number of nitrogens with two attached hydrogens (primary N) is 1.